The Kier molecular flexibility index (Phi) is 8.09. The van der Waals surface area contributed by atoms with E-state index in [1.165, 1.54) is 0 Å². The number of esters is 1. The first-order chi connectivity index (χ1) is 11.1. The fourth-order valence-electron chi connectivity index (χ4n) is 2.18. The summed E-state index contributed by atoms with van der Waals surface area (Å²) in [7, 11) is 3.14. The Morgan fingerprint density at radius 2 is 1.79 bits per heavy atom. The zero-order chi connectivity index (χ0) is 16.7. The minimum atomic E-state index is -0.693. The summed E-state index contributed by atoms with van der Waals surface area (Å²) in [4.78, 5) is 12.0. The number of carbonyl (C=O) groups excluding carboxylic acids is 1. The van der Waals surface area contributed by atoms with Gasteiger partial charge in [-0.25, -0.2) is 0 Å². The van der Waals surface area contributed by atoms with Crippen molar-refractivity contribution in [1.29, 1.82) is 0 Å². The Bertz CT molecular complexity index is 649. The number of nitrogens with two attached hydrogens (primary N) is 1. The molecule has 0 unspecified atom stereocenters. The Hall–Kier alpha value is -2.24. The molecule has 2 N–H and O–H groups in total. The summed E-state index contributed by atoms with van der Waals surface area (Å²) < 4.78 is 15.7. The van der Waals surface area contributed by atoms with E-state index >= 15 is 0 Å². The van der Waals surface area contributed by atoms with Crippen molar-refractivity contribution in [2.24, 2.45) is 5.73 Å². The van der Waals surface area contributed by atoms with Gasteiger partial charge in [0, 0.05) is 11.6 Å². The van der Waals surface area contributed by atoms with Crippen LogP contribution in [0.15, 0.2) is 48.5 Å². The molecule has 0 aliphatic heterocycles. The van der Waals surface area contributed by atoms with Crippen LogP contribution in [-0.2, 0) is 22.6 Å². The van der Waals surface area contributed by atoms with Crippen molar-refractivity contribution in [2.75, 3.05) is 14.2 Å². The zero-order valence-electron chi connectivity index (χ0n) is 13.7. The van der Waals surface area contributed by atoms with Gasteiger partial charge in [0.1, 0.15) is 24.1 Å². The molecule has 0 bridgehead atoms. The molecule has 0 amide bonds. The maximum absolute atomic E-state index is 12.0. The molecular formula is C18H22ClNO4. The monoisotopic (exact) mass is 351 g/mol. The Morgan fingerprint density at radius 1 is 1.08 bits per heavy atom. The lowest BCUT2D eigenvalue weighted by Gasteiger charge is -2.14. The molecule has 1 atom stereocenters. The van der Waals surface area contributed by atoms with Gasteiger partial charge in [0.05, 0.1) is 14.2 Å². The van der Waals surface area contributed by atoms with Crippen molar-refractivity contribution in [1.82, 2.24) is 0 Å². The molecule has 0 aliphatic carbocycles. The van der Waals surface area contributed by atoms with E-state index in [0.29, 0.717) is 17.9 Å². The van der Waals surface area contributed by atoms with Crippen LogP contribution in [0.1, 0.15) is 11.1 Å². The lowest BCUT2D eigenvalue weighted by Crippen LogP contribution is -2.34. The van der Waals surface area contributed by atoms with E-state index in [2.05, 4.69) is 0 Å². The molecule has 0 saturated carbocycles. The molecule has 0 saturated heterocycles. The minimum absolute atomic E-state index is 0. The highest BCUT2D eigenvalue weighted by molar-refractivity contribution is 5.85. The standard InChI is InChI=1S/C18H21NO4.ClH/c1-21-15-9-8-14(17(11-15)22-2)12-23-18(20)16(19)10-13-6-4-3-5-7-13;/h3-9,11,16H,10,12,19H2,1-2H3;1H/t16-;/m0./s1. The van der Waals surface area contributed by atoms with Crippen molar-refractivity contribution in [3.8, 4) is 11.5 Å². The van der Waals surface area contributed by atoms with Crippen LogP contribution < -0.4 is 15.2 Å². The largest absolute Gasteiger partial charge is 0.497 e. The summed E-state index contributed by atoms with van der Waals surface area (Å²) in [6.07, 6.45) is 0.444. The third-order valence-electron chi connectivity index (χ3n) is 3.47. The van der Waals surface area contributed by atoms with Gasteiger partial charge >= 0.3 is 5.97 Å². The number of hydrogen-bond donors (Lipinski definition) is 1. The van der Waals surface area contributed by atoms with Crippen molar-refractivity contribution in [3.05, 3.63) is 59.7 Å². The minimum Gasteiger partial charge on any atom is -0.497 e. The number of halogens is 1. The van der Waals surface area contributed by atoms with Gasteiger partial charge in [-0.2, -0.15) is 0 Å². The van der Waals surface area contributed by atoms with E-state index in [-0.39, 0.29) is 19.0 Å². The average Bonchev–Trinajstić information content (AvgIpc) is 2.60. The zero-order valence-corrected chi connectivity index (χ0v) is 14.5. The Morgan fingerprint density at radius 3 is 2.42 bits per heavy atom. The third-order valence-corrected chi connectivity index (χ3v) is 3.47. The fourth-order valence-corrected chi connectivity index (χ4v) is 2.18. The van der Waals surface area contributed by atoms with E-state index in [4.69, 9.17) is 19.9 Å². The lowest BCUT2D eigenvalue weighted by molar-refractivity contribution is -0.146. The molecule has 2 aromatic carbocycles. The maximum atomic E-state index is 12.0. The number of carbonyl (C=O) groups is 1. The summed E-state index contributed by atoms with van der Waals surface area (Å²) in [6, 6.07) is 14.2. The number of methoxy groups -OCH3 is 2. The van der Waals surface area contributed by atoms with Crippen molar-refractivity contribution in [2.45, 2.75) is 19.1 Å². The predicted molar refractivity (Wildman–Crippen MR) is 94.7 cm³/mol. The summed E-state index contributed by atoms with van der Waals surface area (Å²) in [5.74, 6) is 0.846. The van der Waals surface area contributed by atoms with Crippen LogP contribution in [0.4, 0.5) is 0 Å². The van der Waals surface area contributed by atoms with Crippen molar-refractivity contribution < 1.29 is 19.0 Å². The van der Waals surface area contributed by atoms with Gasteiger partial charge in [-0.3, -0.25) is 4.79 Å². The SMILES string of the molecule is COc1ccc(COC(=O)[C@@H](N)Cc2ccccc2)c(OC)c1.Cl. The van der Waals surface area contributed by atoms with E-state index in [9.17, 15) is 4.79 Å². The topological polar surface area (TPSA) is 70.8 Å². The second-order valence-electron chi connectivity index (χ2n) is 5.08. The second-order valence-corrected chi connectivity index (χ2v) is 5.08. The number of benzene rings is 2. The molecule has 2 aromatic rings. The summed E-state index contributed by atoms with van der Waals surface area (Å²) in [5.41, 5.74) is 7.66. The van der Waals surface area contributed by atoms with Crippen LogP contribution in [0.5, 0.6) is 11.5 Å². The van der Waals surface area contributed by atoms with Gasteiger partial charge in [-0.1, -0.05) is 30.3 Å². The summed E-state index contributed by atoms with van der Waals surface area (Å²) in [6.45, 7) is 0.106. The van der Waals surface area contributed by atoms with E-state index in [1.807, 2.05) is 30.3 Å². The van der Waals surface area contributed by atoms with Gasteiger partial charge < -0.3 is 19.9 Å². The van der Waals surface area contributed by atoms with Crippen LogP contribution in [0, 0.1) is 0 Å². The molecule has 130 valence electrons. The molecular weight excluding hydrogens is 330 g/mol. The molecule has 2 rings (SSSR count). The van der Waals surface area contributed by atoms with E-state index in [1.54, 1.807) is 32.4 Å². The number of ether oxygens (including phenoxy) is 3. The first-order valence-electron chi connectivity index (χ1n) is 7.31. The molecule has 0 aromatic heterocycles. The van der Waals surface area contributed by atoms with E-state index < -0.39 is 12.0 Å². The summed E-state index contributed by atoms with van der Waals surface area (Å²) >= 11 is 0. The van der Waals surface area contributed by atoms with E-state index in [0.717, 1.165) is 11.1 Å². The van der Waals surface area contributed by atoms with Crippen LogP contribution in [0.25, 0.3) is 0 Å². The molecule has 5 nitrogen and oxygen atoms in total. The molecule has 0 fully saturated rings. The highest BCUT2D eigenvalue weighted by atomic mass is 35.5. The molecule has 0 spiro atoms. The van der Waals surface area contributed by atoms with Crippen molar-refractivity contribution in [3.63, 3.8) is 0 Å². The molecule has 0 radical (unpaired) electrons. The molecule has 6 heteroatoms. The lowest BCUT2D eigenvalue weighted by atomic mass is 10.1. The van der Waals surface area contributed by atoms with Gasteiger partial charge in [0.25, 0.3) is 0 Å². The van der Waals surface area contributed by atoms with Gasteiger partial charge in [-0.15, -0.1) is 12.4 Å². The molecule has 24 heavy (non-hydrogen) atoms. The Labute approximate surface area is 148 Å². The van der Waals surface area contributed by atoms with Crippen LogP contribution in [0.3, 0.4) is 0 Å². The highest BCUT2D eigenvalue weighted by Crippen LogP contribution is 2.25. The van der Waals surface area contributed by atoms with Crippen LogP contribution >= 0.6 is 12.4 Å². The number of rotatable bonds is 7. The normalized spacial score (nSPS) is 11.1. The smallest absolute Gasteiger partial charge is 0.323 e. The van der Waals surface area contributed by atoms with Crippen molar-refractivity contribution >= 4 is 18.4 Å². The fraction of sp³-hybridized carbons (Fsp3) is 0.278. The van der Waals surface area contributed by atoms with Gasteiger partial charge in [-0.05, 0) is 24.1 Å². The summed E-state index contributed by atoms with van der Waals surface area (Å²) in [5, 5.41) is 0. The molecule has 0 aliphatic rings. The average molecular weight is 352 g/mol. The van der Waals surface area contributed by atoms with Crippen LogP contribution in [-0.4, -0.2) is 26.2 Å². The van der Waals surface area contributed by atoms with Crippen LogP contribution in [0.2, 0.25) is 0 Å². The Balaban J connectivity index is 0.00000288. The second kappa shape index (κ2) is 9.80. The third kappa shape index (κ3) is 5.44. The quantitative estimate of drug-likeness (QED) is 0.777. The number of hydrogen-bond acceptors (Lipinski definition) is 5. The highest BCUT2D eigenvalue weighted by Gasteiger charge is 2.16. The first-order valence-corrected chi connectivity index (χ1v) is 7.31. The first kappa shape index (κ1) is 19.8. The predicted octanol–water partition coefficient (Wildman–Crippen LogP) is 2.74. The van der Waals surface area contributed by atoms with Gasteiger partial charge in [0.15, 0.2) is 0 Å². The molecule has 0 heterocycles. The maximum Gasteiger partial charge on any atom is 0.323 e. The van der Waals surface area contributed by atoms with Gasteiger partial charge in [0.2, 0.25) is 0 Å².